The van der Waals surface area contributed by atoms with Gasteiger partial charge in [-0.2, -0.15) is 0 Å². The maximum atomic E-state index is 11.8. The van der Waals surface area contributed by atoms with Gasteiger partial charge in [0.25, 0.3) is 11.6 Å². The molecular formula is C11H9N7O4S. The van der Waals surface area contributed by atoms with Crippen LogP contribution in [0.15, 0.2) is 18.2 Å². The third-order valence-electron chi connectivity index (χ3n) is 2.70. The summed E-state index contributed by atoms with van der Waals surface area (Å²) in [5.41, 5.74) is 0.577. The van der Waals surface area contributed by atoms with Gasteiger partial charge in [-0.15, -0.1) is 15.3 Å². The zero-order valence-electron chi connectivity index (χ0n) is 11.7. The number of rotatable bonds is 5. The standard InChI is InChI=1S/C11H9N7O4S/c1-6-13-15-11(23-6)12-10(19)5-22-17-9-4-7(18(20)21)2-3-8(9)14-16-17/h2-4H,5H2,1H3,(H,12,15,19). The molecule has 2 aromatic heterocycles. The first-order valence-electron chi connectivity index (χ1n) is 6.26. The van der Waals surface area contributed by atoms with Crippen LogP contribution in [-0.2, 0) is 4.79 Å². The van der Waals surface area contributed by atoms with Crippen molar-refractivity contribution in [2.45, 2.75) is 6.92 Å². The number of carbonyl (C=O) groups is 1. The van der Waals surface area contributed by atoms with Crippen molar-refractivity contribution in [2.24, 2.45) is 0 Å². The summed E-state index contributed by atoms with van der Waals surface area (Å²) in [4.78, 5) is 28.2. The summed E-state index contributed by atoms with van der Waals surface area (Å²) in [5, 5.41) is 29.4. The van der Waals surface area contributed by atoms with Crippen LogP contribution in [0.1, 0.15) is 5.01 Å². The zero-order valence-corrected chi connectivity index (χ0v) is 12.5. The SMILES string of the molecule is Cc1nnc(NC(=O)COn2nnc3ccc([N+](=O)[O-])cc32)s1. The molecule has 1 aromatic carbocycles. The Morgan fingerprint density at radius 1 is 1.43 bits per heavy atom. The van der Waals surface area contributed by atoms with E-state index in [1.54, 1.807) is 6.92 Å². The van der Waals surface area contributed by atoms with Crippen LogP contribution in [0.4, 0.5) is 10.8 Å². The lowest BCUT2D eigenvalue weighted by molar-refractivity contribution is -0.384. The molecule has 0 atom stereocenters. The molecule has 118 valence electrons. The van der Waals surface area contributed by atoms with Gasteiger partial charge in [0.1, 0.15) is 16.0 Å². The van der Waals surface area contributed by atoms with Crippen molar-refractivity contribution in [3.8, 4) is 0 Å². The predicted octanol–water partition coefficient (Wildman–Crippen LogP) is 0.567. The van der Waals surface area contributed by atoms with Gasteiger partial charge < -0.3 is 4.84 Å². The second-order valence-corrected chi connectivity index (χ2v) is 5.52. The van der Waals surface area contributed by atoms with Crippen molar-refractivity contribution in [3.05, 3.63) is 33.3 Å². The largest absolute Gasteiger partial charge is 0.385 e. The smallest absolute Gasteiger partial charge is 0.271 e. The summed E-state index contributed by atoms with van der Waals surface area (Å²) < 4.78 is 0. The average molecular weight is 335 g/mol. The molecule has 3 rings (SSSR count). The van der Waals surface area contributed by atoms with E-state index in [2.05, 4.69) is 25.8 Å². The maximum absolute atomic E-state index is 11.8. The quantitative estimate of drug-likeness (QED) is 0.527. The van der Waals surface area contributed by atoms with Crippen LogP contribution in [0.5, 0.6) is 0 Å². The molecule has 11 nitrogen and oxygen atoms in total. The second kappa shape index (κ2) is 5.92. The minimum absolute atomic E-state index is 0.126. The Labute approximate surface area is 132 Å². The fourth-order valence-electron chi connectivity index (χ4n) is 1.72. The number of carbonyl (C=O) groups excluding carboxylic acids is 1. The van der Waals surface area contributed by atoms with E-state index in [9.17, 15) is 14.9 Å². The van der Waals surface area contributed by atoms with Gasteiger partial charge in [-0.25, -0.2) is 0 Å². The van der Waals surface area contributed by atoms with E-state index in [-0.39, 0.29) is 12.3 Å². The summed E-state index contributed by atoms with van der Waals surface area (Å²) in [5.74, 6) is -0.463. The number of nitro benzene ring substituents is 1. The number of aromatic nitrogens is 5. The van der Waals surface area contributed by atoms with Crippen LogP contribution in [0.3, 0.4) is 0 Å². The van der Waals surface area contributed by atoms with Crippen molar-refractivity contribution in [1.29, 1.82) is 0 Å². The molecule has 0 saturated carbocycles. The molecule has 0 fully saturated rings. The molecule has 0 saturated heterocycles. The number of nitrogens with one attached hydrogen (secondary N) is 1. The van der Waals surface area contributed by atoms with E-state index >= 15 is 0 Å². The summed E-state index contributed by atoms with van der Waals surface area (Å²) in [6.45, 7) is 1.40. The number of anilines is 1. The van der Waals surface area contributed by atoms with E-state index in [4.69, 9.17) is 4.84 Å². The van der Waals surface area contributed by atoms with Gasteiger partial charge in [0, 0.05) is 12.1 Å². The number of nitro groups is 1. The van der Waals surface area contributed by atoms with E-state index in [0.717, 1.165) is 9.85 Å². The van der Waals surface area contributed by atoms with Crippen LogP contribution < -0.4 is 10.2 Å². The van der Waals surface area contributed by atoms with Gasteiger partial charge in [0.05, 0.1) is 4.92 Å². The van der Waals surface area contributed by atoms with Gasteiger partial charge in [0.15, 0.2) is 6.61 Å². The highest BCUT2D eigenvalue weighted by Crippen LogP contribution is 2.18. The minimum Gasteiger partial charge on any atom is -0.385 e. The minimum atomic E-state index is -0.540. The topological polar surface area (TPSA) is 138 Å². The first-order chi connectivity index (χ1) is 11.0. The average Bonchev–Trinajstić information content (AvgIpc) is 3.10. The van der Waals surface area contributed by atoms with Crippen LogP contribution in [0.25, 0.3) is 11.0 Å². The van der Waals surface area contributed by atoms with Gasteiger partial charge in [-0.3, -0.25) is 20.2 Å². The maximum Gasteiger partial charge on any atom is 0.271 e. The molecule has 0 aliphatic heterocycles. The van der Waals surface area contributed by atoms with Crippen molar-refractivity contribution in [2.75, 3.05) is 11.9 Å². The lowest BCUT2D eigenvalue weighted by Crippen LogP contribution is -2.26. The molecule has 1 amide bonds. The number of non-ortho nitro benzene ring substituents is 1. The van der Waals surface area contributed by atoms with E-state index < -0.39 is 10.8 Å². The zero-order chi connectivity index (χ0) is 16.4. The van der Waals surface area contributed by atoms with Gasteiger partial charge in [-0.05, 0) is 18.2 Å². The van der Waals surface area contributed by atoms with E-state index in [1.165, 1.54) is 29.5 Å². The Balaban J connectivity index is 1.70. The van der Waals surface area contributed by atoms with Crippen LogP contribution in [0, 0.1) is 17.0 Å². The van der Waals surface area contributed by atoms with Crippen molar-refractivity contribution in [3.63, 3.8) is 0 Å². The molecule has 1 N–H and O–H groups in total. The fraction of sp³-hybridized carbons (Fsp3) is 0.182. The molecule has 2 heterocycles. The van der Waals surface area contributed by atoms with Gasteiger partial charge in [0.2, 0.25) is 5.13 Å². The highest BCUT2D eigenvalue weighted by Gasteiger charge is 2.13. The number of hydrogen-bond donors (Lipinski definition) is 1. The van der Waals surface area contributed by atoms with Crippen LogP contribution in [0.2, 0.25) is 0 Å². The monoisotopic (exact) mass is 335 g/mol. The summed E-state index contributed by atoms with van der Waals surface area (Å²) in [6.07, 6.45) is 0. The summed E-state index contributed by atoms with van der Waals surface area (Å²) in [7, 11) is 0. The third kappa shape index (κ3) is 3.21. The van der Waals surface area contributed by atoms with E-state index in [1.807, 2.05) is 0 Å². The number of fused-ring (bicyclic) bond motifs is 1. The highest BCUT2D eigenvalue weighted by molar-refractivity contribution is 7.15. The number of amides is 1. The second-order valence-electron chi connectivity index (χ2n) is 4.34. The molecule has 0 spiro atoms. The Kier molecular flexibility index (Phi) is 3.80. The molecular weight excluding hydrogens is 326 g/mol. The Morgan fingerprint density at radius 3 is 2.96 bits per heavy atom. The van der Waals surface area contributed by atoms with Gasteiger partial charge >= 0.3 is 0 Å². The first-order valence-corrected chi connectivity index (χ1v) is 7.07. The van der Waals surface area contributed by atoms with E-state index in [0.29, 0.717) is 16.2 Å². The van der Waals surface area contributed by atoms with Crippen LogP contribution in [-0.4, -0.2) is 42.8 Å². The lowest BCUT2D eigenvalue weighted by atomic mass is 10.3. The number of aryl methyl sites for hydroxylation is 1. The molecule has 0 aliphatic carbocycles. The number of benzene rings is 1. The molecule has 12 heteroatoms. The third-order valence-corrected chi connectivity index (χ3v) is 3.45. The Bertz CT molecular complexity index is 890. The Hall–Kier alpha value is -3.15. The normalized spacial score (nSPS) is 10.7. The molecule has 0 aliphatic rings. The summed E-state index contributed by atoms with van der Waals surface area (Å²) in [6, 6.07) is 4.03. The molecule has 0 bridgehead atoms. The van der Waals surface area contributed by atoms with Gasteiger partial charge in [-0.1, -0.05) is 16.2 Å². The molecule has 0 unspecified atom stereocenters. The van der Waals surface area contributed by atoms with Crippen molar-refractivity contribution in [1.82, 2.24) is 25.4 Å². The first kappa shape index (κ1) is 14.8. The molecule has 0 radical (unpaired) electrons. The molecule has 3 aromatic rings. The van der Waals surface area contributed by atoms with Crippen LogP contribution >= 0.6 is 11.3 Å². The number of hydrogen-bond acceptors (Lipinski definition) is 9. The lowest BCUT2D eigenvalue weighted by Gasteiger charge is -2.04. The molecule has 23 heavy (non-hydrogen) atoms. The predicted molar refractivity (Wildman–Crippen MR) is 78.9 cm³/mol. The fourth-order valence-corrected chi connectivity index (χ4v) is 2.33. The number of nitrogens with zero attached hydrogens (tertiary/aromatic N) is 6. The van der Waals surface area contributed by atoms with Crippen molar-refractivity contribution >= 4 is 39.1 Å². The van der Waals surface area contributed by atoms with Crippen molar-refractivity contribution < 1.29 is 14.6 Å². The summed E-state index contributed by atoms with van der Waals surface area (Å²) >= 11 is 1.23. The highest BCUT2D eigenvalue weighted by atomic mass is 32.1. The Morgan fingerprint density at radius 2 is 2.26 bits per heavy atom.